The minimum atomic E-state index is -0.880. The number of rotatable bonds is 6. The number of ketones is 1. The Morgan fingerprint density at radius 1 is 0.880 bits per heavy atom. The van der Waals surface area contributed by atoms with Crippen LogP contribution in [-0.2, 0) is 20.4 Å². The van der Waals surface area contributed by atoms with E-state index in [4.69, 9.17) is 0 Å². The van der Waals surface area contributed by atoms with E-state index < -0.39 is 11.4 Å². The summed E-state index contributed by atoms with van der Waals surface area (Å²) in [5.74, 6) is -0.689. The summed E-state index contributed by atoms with van der Waals surface area (Å²) < 4.78 is 1.98. The Kier molecular flexibility index (Phi) is 6.55. The lowest BCUT2D eigenvalue weighted by molar-refractivity contribution is -0.436. The van der Waals surface area contributed by atoms with E-state index in [1.54, 1.807) is 6.08 Å². The van der Waals surface area contributed by atoms with Gasteiger partial charge in [0, 0.05) is 46.5 Å². The molecule has 2 unspecified atom stereocenters. The Morgan fingerprint density at radius 2 is 1.62 bits per heavy atom. The fourth-order valence-corrected chi connectivity index (χ4v) is 9.70. The molecule has 0 bridgehead atoms. The number of hydrogen-bond donors (Lipinski definition) is 2. The zero-order valence-corrected chi connectivity index (χ0v) is 29.0. The van der Waals surface area contributed by atoms with Crippen molar-refractivity contribution in [1.82, 2.24) is 0 Å². The maximum absolute atomic E-state index is 13.9. The second kappa shape index (κ2) is 10.6. The Labute approximate surface area is 292 Å². The lowest BCUT2D eigenvalue weighted by Crippen LogP contribution is -2.31. The number of carboxylic acid groups (broad SMARTS) is 1. The van der Waals surface area contributed by atoms with Crippen molar-refractivity contribution in [1.29, 1.82) is 0 Å². The lowest BCUT2D eigenvalue weighted by atomic mass is 9.77. The summed E-state index contributed by atoms with van der Waals surface area (Å²) in [6.07, 6.45) is 5.11. The third kappa shape index (κ3) is 4.17. The number of aliphatic hydroxyl groups excluding tert-OH is 1. The molecule has 4 aromatic rings. The van der Waals surface area contributed by atoms with Gasteiger partial charge in [-0.1, -0.05) is 74.9 Å². The number of aliphatic carboxylic acids is 1. The first-order valence-electron chi connectivity index (χ1n) is 17.8. The number of para-hydroxylation sites is 1. The quantitative estimate of drug-likeness (QED) is 0.159. The number of Topliss-reactive ketones (excluding diaryl/α,β-unsaturated/α-hetero) is 1. The Morgan fingerprint density at radius 3 is 2.40 bits per heavy atom. The average molecular weight is 662 g/mol. The lowest BCUT2D eigenvalue weighted by Gasteiger charge is -2.29. The first-order valence-corrected chi connectivity index (χ1v) is 17.8. The number of fused-ring (bicyclic) bond motifs is 7. The van der Waals surface area contributed by atoms with E-state index in [-0.39, 0.29) is 35.5 Å². The smallest absolute Gasteiger partial charge is 0.309 e. The highest BCUT2D eigenvalue weighted by Gasteiger charge is 2.48. The van der Waals surface area contributed by atoms with Crippen molar-refractivity contribution < 1.29 is 24.4 Å². The number of allylic oxidation sites excluding steroid dienone is 3. The number of anilines is 2. The van der Waals surface area contributed by atoms with E-state index in [2.05, 4.69) is 87.2 Å². The Balaban J connectivity index is 1.08. The molecule has 0 spiro atoms. The molecule has 0 amide bonds. The molecule has 2 N–H and O–H groups in total. The molecule has 5 aliphatic rings. The minimum Gasteiger partial charge on any atom is -0.506 e. The summed E-state index contributed by atoms with van der Waals surface area (Å²) in [4.78, 5) is 27.9. The van der Waals surface area contributed by atoms with E-state index in [0.717, 1.165) is 41.8 Å². The van der Waals surface area contributed by atoms with Crippen LogP contribution in [0.4, 0.5) is 17.1 Å². The SMILES string of the molecule is CC1(C)C(C=C2C(=O)C(c3ccc4c(c3)C3CCCC3N4c3ccc4c(c3)C(C)(C)c3ccccc3-4)=C2O)=[N+](CCC(=O)O)c2ccccc21. The molecule has 1 fully saturated rings. The van der Waals surface area contributed by atoms with Crippen LogP contribution in [0.25, 0.3) is 16.7 Å². The standard InChI is InChI=1S/C44H40N2O4/c1-43(2)32-12-6-5-10-27(32)28-18-17-26(23-34(28)43)46-35-15-9-11-29(35)30-22-25(16-19-36(30)46)40-41(49)31(42(40)50)24-38-44(3,4)33-13-7-8-14-37(33)45(38)21-20-39(47)48/h5-8,10,12-14,16-19,22-24,29,35H,9,11,15,20-21H2,1-4H3,(H-,47,48,49,50)/p+1. The zero-order chi connectivity index (χ0) is 34.7. The van der Waals surface area contributed by atoms with Crippen LogP contribution in [-0.4, -0.2) is 44.8 Å². The molecule has 0 saturated heterocycles. The van der Waals surface area contributed by atoms with Gasteiger partial charge in [0.2, 0.25) is 11.5 Å². The van der Waals surface area contributed by atoms with Gasteiger partial charge in [-0.2, -0.15) is 4.58 Å². The van der Waals surface area contributed by atoms with Crippen molar-refractivity contribution in [2.24, 2.45) is 0 Å². The highest BCUT2D eigenvalue weighted by molar-refractivity contribution is 6.40. The van der Waals surface area contributed by atoms with Gasteiger partial charge >= 0.3 is 5.97 Å². The fourth-order valence-electron chi connectivity index (χ4n) is 9.70. The van der Waals surface area contributed by atoms with Crippen LogP contribution in [0, 0.1) is 0 Å². The maximum atomic E-state index is 13.9. The summed E-state index contributed by atoms with van der Waals surface area (Å²) in [5.41, 5.74) is 12.7. The molecular formula is C44H41N2O4+. The van der Waals surface area contributed by atoms with Gasteiger partial charge in [-0.25, -0.2) is 0 Å². The van der Waals surface area contributed by atoms with Crippen molar-refractivity contribution in [2.45, 2.75) is 76.2 Å². The molecule has 2 aliphatic heterocycles. The zero-order valence-electron chi connectivity index (χ0n) is 29.0. The second-order valence-corrected chi connectivity index (χ2v) is 15.6. The molecule has 2 atom stereocenters. The number of carboxylic acids is 1. The number of aliphatic hydroxyl groups is 1. The van der Waals surface area contributed by atoms with Crippen molar-refractivity contribution in [3.63, 3.8) is 0 Å². The van der Waals surface area contributed by atoms with E-state index >= 15 is 0 Å². The molecule has 4 aromatic carbocycles. The van der Waals surface area contributed by atoms with Gasteiger partial charge in [0.15, 0.2) is 12.3 Å². The summed E-state index contributed by atoms with van der Waals surface area (Å²) in [6.45, 7) is 9.07. The first-order chi connectivity index (χ1) is 24.0. The van der Waals surface area contributed by atoms with Crippen LogP contribution >= 0.6 is 0 Å². The van der Waals surface area contributed by atoms with Gasteiger partial charge in [-0.3, -0.25) is 9.59 Å². The molecule has 2 heterocycles. The van der Waals surface area contributed by atoms with Crippen LogP contribution in [0.15, 0.2) is 102 Å². The molecule has 0 aromatic heterocycles. The maximum Gasteiger partial charge on any atom is 0.309 e. The largest absolute Gasteiger partial charge is 0.506 e. The number of nitrogens with zero attached hydrogens (tertiary/aromatic N) is 2. The third-order valence-corrected chi connectivity index (χ3v) is 12.2. The summed E-state index contributed by atoms with van der Waals surface area (Å²) >= 11 is 0. The highest BCUT2D eigenvalue weighted by Crippen LogP contribution is 2.56. The monoisotopic (exact) mass is 661 g/mol. The minimum absolute atomic E-state index is 0.00522. The predicted molar refractivity (Wildman–Crippen MR) is 197 cm³/mol. The van der Waals surface area contributed by atoms with Crippen LogP contribution in [0.2, 0.25) is 0 Å². The van der Waals surface area contributed by atoms with Crippen molar-refractivity contribution in [3.05, 3.63) is 130 Å². The molecular weight excluding hydrogens is 620 g/mol. The second-order valence-electron chi connectivity index (χ2n) is 15.6. The van der Waals surface area contributed by atoms with Crippen molar-refractivity contribution in [3.8, 4) is 11.1 Å². The highest BCUT2D eigenvalue weighted by atomic mass is 16.4. The Bertz CT molecular complexity index is 2290. The van der Waals surface area contributed by atoms with Gasteiger partial charge in [0.1, 0.15) is 12.2 Å². The van der Waals surface area contributed by atoms with Gasteiger partial charge < -0.3 is 15.1 Å². The molecule has 50 heavy (non-hydrogen) atoms. The molecule has 6 nitrogen and oxygen atoms in total. The molecule has 1 saturated carbocycles. The predicted octanol–water partition coefficient (Wildman–Crippen LogP) is 9.11. The number of carbonyl (C=O) groups is 2. The van der Waals surface area contributed by atoms with Gasteiger partial charge in [0.25, 0.3) is 0 Å². The fraction of sp³-hybridized carbons (Fsp3) is 0.295. The molecule has 3 aliphatic carbocycles. The third-order valence-electron chi connectivity index (χ3n) is 12.2. The molecule has 6 heteroatoms. The van der Waals surface area contributed by atoms with Crippen molar-refractivity contribution in [2.75, 3.05) is 11.4 Å². The van der Waals surface area contributed by atoms with E-state index in [9.17, 15) is 19.8 Å². The Hall–Kier alpha value is -5.23. The molecule has 0 radical (unpaired) electrons. The van der Waals surface area contributed by atoms with E-state index in [0.29, 0.717) is 17.5 Å². The van der Waals surface area contributed by atoms with E-state index in [1.165, 1.54) is 39.2 Å². The van der Waals surface area contributed by atoms with Crippen LogP contribution in [0.1, 0.15) is 87.1 Å². The molecule has 9 rings (SSSR count). The first kappa shape index (κ1) is 30.8. The topological polar surface area (TPSA) is 80.9 Å². The summed E-state index contributed by atoms with van der Waals surface area (Å²) in [5, 5.41) is 20.9. The van der Waals surface area contributed by atoms with Crippen LogP contribution in [0.5, 0.6) is 0 Å². The van der Waals surface area contributed by atoms with Gasteiger partial charge in [-0.15, -0.1) is 0 Å². The molecule has 250 valence electrons. The van der Waals surface area contributed by atoms with Crippen LogP contribution < -0.4 is 4.90 Å². The van der Waals surface area contributed by atoms with Crippen molar-refractivity contribution >= 4 is 40.1 Å². The summed E-state index contributed by atoms with van der Waals surface area (Å²) in [7, 11) is 0. The van der Waals surface area contributed by atoms with Crippen LogP contribution in [0.3, 0.4) is 0 Å². The van der Waals surface area contributed by atoms with Gasteiger partial charge in [0.05, 0.1) is 16.6 Å². The van der Waals surface area contributed by atoms with Gasteiger partial charge in [-0.05, 0) is 84.3 Å². The normalized spacial score (nSPS) is 22.8. The number of hydrogen-bond acceptors (Lipinski definition) is 4. The average Bonchev–Trinajstić information content (AvgIpc) is 3.81. The number of benzene rings is 4. The van der Waals surface area contributed by atoms with E-state index in [1.807, 2.05) is 34.9 Å². The number of carbonyl (C=O) groups excluding carboxylic acids is 1. The summed E-state index contributed by atoms with van der Waals surface area (Å²) in [6, 6.07) is 30.3.